The molecule has 1 aromatic carbocycles. The summed E-state index contributed by atoms with van der Waals surface area (Å²) in [5, 5.41) is 6.11. The summed E-state index contributed by atoms with van der Waals surface area (Å²) in [7, 11) is 1.36. The minimum Gasteiger partial charge on any atom is -0.469 e. The second-order valence-electron chi connectivity index (χ2n) is 4.64. The van der Waals surface area contributed by atoms with Gasteiger partial charge in [0.2, 0.25) is 0 Å². The van der Waals surface area contributed by atoms with Gasteiger partial charge in [-0.3, -0.25) is 4.79 Å². The molecule has 2 aromatic rings. The third kappa shape index (κ3) is 4.84. The molecule has 3 rings (SSSR count). The van der Waals surface area contributed by atoms with E-state index in [9.17, 15) is 4.79 Å². The van der Waals surface area contributed by atoms with Crippen molar-refractivity contribution in [2.45, 2.75) is 19.4 Å². The average molecular weight is 324 g/mol. The van der Waals surface area contributed by atoms with Crippen LogP contribution in [-0.4, -0.2) is 19.6 Å². The Kier molecular flexibility index (Phi) is 6.23. The highest BCUT2D eigenvalue weighted by Gasteiger charge is 2.07. The molecular weight excluding hydrogens is 306 g/mol. The van der Waals surface area contributed by atoms with E-state index in [0.717, 1.165) is 18.7 Å². The molecule has 0 amide bonds. The van der Waals surface area contributed by atoms with Gasteiger partial charge in [-0.15, -0.1) is 11.3 Å². The SMILES string of the molecule is COC(=O)Cc1ccccc1Cl.c1cc2c(s1)CCNC2. The molecule has 0 saturated heterocycles. The van der Waals surface area contributed by atoms with Gasteiger partial charge in [-0.1, -0.05) is 29.8 Å². The fraction of sp³-hybridized carbons (Fsp3) is 0.312. The molecule has 0 radical (unpaired) electrons. The maximum absolute atomic E-state index is 10.9. The lowest BCUT2D eigenvalue weighted by molar-refractivity contribution is -0.139. The summed E-state index contributed by atoms with van der Waals surface area (Å²) in [6, 6.07) is 9.43. The van der Waals surface area contributed by atoms with Crippen LogP contribution in [0.2, 0.25) is 5.02 Å². The van der Waals surface area contributed by atoms with Crippen molar-refractivity contribution in [2.24, 2.45) is 0 Å². The Morgan fingerprint density at radius 1 is 1.38 bits per heavy atom. The van der Waals surface area contributed by atoms with Crippen LogP contribution >= 0.6 is 22.9 Å². The molecule has 0 saturated carbocycles. The van der Waals surface area contributed by atoms with Crippen molar-refractivity contribution < 1.29 is 9.53 Å². The van der Waals surface area contributed by atoms with Crippen LogP contribution in [0.25, 0.3) is 0 Å². The fourth-order valence-corrected chi connectivity index (χ4v) is 3.15. The number of esters is 1. The van der Waals surface area contributed by atoms with Gasteiger partial charge < -0.3 is 10.1 Å². The molecule has 21 heavy (non-hydrogen) atoms. The molecule has 0 fully saturated rings. The average Bonchev–Trinajstić information content (AvgIpc) is 2.98. The van der Waals surface area contributed by atoms with Crippen LogP contribution in [0, 0.1) is 0 Å². The van der Waals surface area contributed by atoms with E-state index in [4.69, 9.17) is 11.6 Å². The number of carbonyl (C=O) groups is 1. The summed E-state index contributed by atoms with van der Waals surface area (Å²) in [6.45, 7) is 2.24. The van der Waals surface area contributed by atoms with Crippen molar-refractivity contribution in [3.8, 4) is 0 Å². The minimum absolute atomic E-state index is 0.232. The molecule has 1 aromatic heterocycles. The van der Waals surface area contributed by atoms with Crippen LogP contribution in [-0.2, 0) is 28.9 Å². The zero-order valence-corrected chi connectivity index (χ0v) is 13.5. The monoisotopic (exact) mass is 323 g/mol. The largest absolute Gasteiger partial charge is 0.469 e. The van der Waals surface area contributed by atoms with E-state index in [0.29, 0.717) is 5.02 Å². The molecule has 2 heterocycles. The molecular formula is C16H18ClNO2S. The number of methoxy groups -OCH3 is 1. The summed E-state index contributed by atoms with van der Waals surface area (Å²) in [5.41, 5.74) is 2.30. The zero-order chi connectivity index (χ0) is 15.1. The summed E-state index contributed by atoms with van der Waals surface area (Å²) in [4.78, 5) is 12.4. The Morgan fingerprint density at radius 2 is 2.19 bits per heavy atom. The number of hydrogen-bond acceptors (Lipinski definition) is 4. The molecule has 5 heteroatoms. The van der Waals surface area contributed by atoms with Gasteiger partial charge in [0, 0.05) is 23.0 Å². The van der Waals surface area contributed by atoms with E-state index in [-0.39, 0.29) is 12.4 Å². The Balaban J connectivity index is 0.000000159. The van der Waals surface area contributed by atoms with Crippen molar-refractivity contribution in [1.29, 1.82) is 0 Å². The molecule has 1 aliphatic heterocycles. The van der Waals surface area contributed by atoms with E-state index in [1.165, 1.54) is 19.1 Å². The lowest BCUT2D eigenvalue weighted by Gasteiger charge is -2.10. The van der Waals surface area contributed by atoms with Crippen LogP contribution in [0.4, 0.5) is 0 Å². The van der Waals surface area contributed by atoms with Gasteiger partial charge in [-0.2, -0.15) is 0 Å². The molecule has 112 valence electrons. The smallest absolute Gasteiger partial charge is 0.310 e. The Labute approximate surface area is 133 Å². The summed E-state index contributed by atoms with van der Waals surface area (Å²) < 4.78 is 4.51. The first-order valence-electron chi connectivity index (χ1n) is 6.77. The van der Waals surface area contributed by atoms with Gasteiger partial charge in [0.05, 0.1) is 13.5 Å². The number of ether oxygens (including phenoxy) is 1. The first-order valence-corrected chi connectivity index (χ1v) is 8.02. The van der Waals surface area contributed by atoms with Gasteiger partial charge >= 0.3 is 5.97 Å². The third-order valence-corrected chi connectivity index (χ3v) is 4.59. The second-order valence-corrected chi connectivity index (χ2v) is 6.05. The van der Waals surface area contributed by atoms with Crippen molar-refractivity contribution in [3.05, 3.63) is 56.7 Å². The van der Waals surface area contributed by atoms with E-state index in [1.54, 1.807) is 17.0 Å². The molecule has 0 aliphatic carbocycles. The van der Waals surface area contributed by atoms with Crippen LogP contribution in [0.3, 0.4) is 0 Å². The summed E-state index contributed by atoms with van der Waals surface area (Å²) in [5.74, 6) is -0.275. The minimum atomic E-state index is -0.275. The number of rotatable bonds is 2. The Hall–Kier alpha value is -1.36. The zero-order valence-electron chi connectivity index (χ0n) is 11.9. The number of benzene rings is 1. The first-order chi connectivity index (χ1) is 10.2. The summed E-state index contributed by atoms with van der Waals surface area (Å²) >= 11 is 7.70. The van der Waals surface area contributed by atoms with E-state index in [2.05, 4.69) is 21.5 Å². The van der Waals surface area contributed by atoms with Crippen molar-refractivity contribution >= 4 is 28.9 Å². The highest BCUT2D eigenvalue weighted by Crippen LogP contribution is 2.19. The van der Waals surface area contributed by atoms with Gasteiger partial charge in [0.1, 0.15) is 0 Å². The van der Waals surface area contributed by atoms with E-state index < -0.39 is 0 Å². The maximum Gasteiger partial charge on any atom is 0.310 e. The fourth-order valence-electron chi connectivity index (χ4n) is 2.04. The molecule has 0 unspecified atom stereocenters. The van der Waals surface area contributed by atoms with Gasteiger partial charge in [-0.05, 0) is 35.1 Å². The van der Waals surface area contributed by atoms with E-state index >= 15 is 0 Å². The molecule has 0 atom stereocenters. The number of hydrogen-bond donors (Lipinski definition) is 1. The molecule has 3 nitrogen and oxygen atoms in total. The van der Waals surface area contributed by atoms with Crippen molar-refractivity contribution in [3.63, 3.8) is 0 Å². The third-order valence-electron chi connectivity index (χ3n) is 3.20. The number of carbonyl (C=O) groups excluding carboxylic acids is 1. The van der Waals surface area contributed by atoms with Crippen LogP contribution in [0.1, 0.15) is 16.0 Å². The van der Waals surface area contributed by atoms with Crippen LogP contribution in [0.5, 0.6) is 0 Å². The number of fused-ring (bicyclic) bond motifs is 1. The first kappa shape index (κ1) is 16.0. The normalized spacial score (nSPS) is 12.9. The standard InChI is InChI=1S/C9H9ClO2.C7H9NS/c1-12-9(11)6-7-4-2-3-5-8(7)10;1-3-8-5-6-2-4-9-7(1)6/h2-5H,6H2,1H3;2,4,8H,1,3,5H2. The van der Waals surface area contributed by atoms with Gasteiger partial charge in [-0.25, -0.2) is 0 Å². The predicted molar refractivity (Wildman–Crippen MR) is 86.9 cm³/mol. The topological polar surface area (TPSA) is 38.3 Å². The molecule has 0 spiro atoms. The Morgan fingerprint density at radius 3 is 2.90 bits per heavy atom. The summed E-state index contributed by atoms with van der Waals surface area (Å²) in [6.07, 6.45) is 1.46. The highest BCUT2D eigenvalue weighted by molar-refractivity contribution is 7.10. The number of nitrogens with one attached hydrogen (secondary N) is 1. The number of halogens is 1. The van der Waals surface area contributed by atoms with Crippen molar-refractivity contribution in [2.75, 3.05) is 13.7 Å². The Bertz CT molecular complexity index is 577. The van der Waals surface area contributed by atoms with Crippen LogP contribution < -0.4 is 5.32 Å². The molecule has 1 aliphatic rings. The van der Waals surface area contributed by atoms with Crippen molar-refractivity contribution in [1.82, 2.24) is 5.32 Å². The lowest BCUT2D eigenvalue weighted by atomic mass is 10.1. The number of thiophene rings is 1. The van der Waals surface area contributed by atoms with Gasteiger partial charge in [0.15, 0.2) is 0 Å². The highest BCUT2D eigenvalue weighted by atomic mass is 35.5. The van der Waals surface area contributed by atoms with Crippen LogP contribution in [0.15, 0.2) is 35.7 Å². The molecule has 1 N–H and O–H groups in total. The second kappa shape index (κ2) is 8.17. The lowest BCUT2D eigenvalue weighted by Crippen LogP contribution is -2.21. The molecule has 0 bridgehead atoms. The predicted octanol–water partition coefficient (Wildman–Crippen LogP) is 3.45. The quantitative estimate of drug-likeness (QED) is 0.860. The maximum atomic E-state index is 10.9. The van der Waals surface area contributed by atoms with Gasteiger partial charge in [0.25, 0.3) is 0 Å². The van der Waals surface area contributed by atoms with E-state index in [1.807, 2.05) is 23.5 Å².